The summed E-state index contributed by atoms with van der Waals surface area (Å²) in [6.45, 7) is 5.18. The Balaban J connectivity index is 1.54. The third kappa shape index (κ3) is 3.85. The van der Waals surface area contributed by atoms with Crippen LogP contribution in [-0.2, 0) is 0 Å². The molecule has 2 aliphatic heterocycles. The minimum absolute atomic E-state index is 0.0861. The number of hydrogen-bond donors (Lipinski definition) is 2. The van der Waals surface area contributed by atoms with Gasteiger partial charge in [0.05, 0.1) is 6.04 Å². The number of amides is 2. The number of benzene rings is 1. The van der Waals surface area contributed by atoms with Crippen molar-refractivity contribution in [2.75, 3.05) is 53.4 Å². The lowest BCUT2D eigenvalue weighted by Crippen LogP contribution is -2.52. The number of carbonyl (C=O) groups is 1. The van der Waals surface area contributed by atoms with Crippen LogP contribution in [0.25, 0.3) is 0 Å². The number of urea groups is 1. The maximum Gasteiger partial charge on any atom is 0.319 e. The van der Waals surface area contributed by atoms with E-state index in [9.17, 15) is 9.18 Å². The van der Waals surface area contributed by atoms with Gasteiger partial charge in [-0.25, -0.2) is 14.6 Å². The second kappa shape index (κ2) is 7.46. The molecule has 0 saturated carbocycles. The van der Waals surface area contributed by atoms with Crippen molar-refractivity contribution in [3.63, 3.8) is 0 Å². The first-order valence-corrected chi connectivity index (χ1v) is 8.47. The maximum absolute atomic E-state index is 13.1. The Labute approximate surface area is 142 Å². The first-order valence-electron chi connectivity index (χ1n) is 8.47. The molecule has 2 amide bonds. The summed E-state index contributed by atoms with van der Waals surface area (Å²) in [6.07, 6.45) is 0. The zero-order valence-corrected chi connectivity index (χ0v) is 14.3. The monoisotopic (exact) mass is 335 g/mol. The van der Waals surface area contributed by atoms with Crippen molar-refractivity contribution in [2.45, 2.75) is 6.04 Å². The lowest BCUT2D eigenvalue weighted by molar-refractivity contribution is 0.113. The number of nitrogens with one attached hydrogen (secondary N) is 2. The SMILES string of the molecule is CN(C)C(=O)N1CCN(CC2CNNC2c2ccc(F)cc2)CC1. The van der Waals surface area contributed by atoms with Gasteiger partial charge in [-0.2, -0.15) is 0 Å². The highest BCUT2D eigenvalue weighted by Crippen LogP contribution is 2.26. The second-order valence-electron chi connectivity index (χ2n) is 6.78. The van der Waals surface area contributed by atoms with E-state index in [4.69, 9.17) is 0 Å². The Hall–Kier alpha value is -1.70. The van der Waals surface area contributed by atoms with Gasteiger partial charge in [-0.15, -0.1) is 0 Å². The fourth-order valence-electron chi connectivity index (χ4n) is 3.47. The van der Waals surface area contributed by atoms with Gasteiger partial charge in [0.15, 0.2) is 0 Å². The van der Waals surface area contributed by atoms with Crippen LogP contribution >= 0.6 is 0 Å². The van der Waals surface area contributed by atoms with Gasteiger partial charge < -0.3 is 9.80 Å². The van der Waals surface area contributed by atoms with E-state index in [2.05, 4.69) is 15.8 Å². The van der Waals surface area contributed by atoms with Crippen molar-refractivity contribution in [3.8, 4) is 0 Å². The molecule has 2 heterocycles. The third-order valence-corrected chi connectivity index (χ3v) is 4.84. The molecule has 3 rings (SSSR count). The normalized spacial score (nSPS) is 25.0. The van der Waals surface area contributed by atoms with Gasteiger partial charge in [-0.3, -0.25) is 10.3 Å². The number of hydrogen-bond acceptors (Lipinski definition) is 4. The predicted molar refractivity (Wildman–Crippen MR) is 90.9 cm³/mol. The molecule has 1 aromatic carbocycles. The molecule has 0 radical (unpaired) electrons. The summed E-state index contributed by atoms with van der Waals surface area (Å²) in [7, 11) is 3.58. The Morgan fingerprint density at radius 2 is 1.88 bits per heavy atom. The zero-order valence-electron chi connectivity index (χ0n) is 14.3. The lowest BCUT2D eigenvalue weighted by Gasteiger charge is -2.37. The van der Waals surface area contributed by atoms with Crippen molar-refractivity contribution in [3.05, 3.63) is 35.6 Å². The summed E-state index contributed by atoms with van der Waals surface area (Å²) in [4.78, 5) is 17.9. The molecular weight excluding hydrogens is 309 g/mol. The van der Waals surface area contributed by atoms with Gasteiger partial charge >= 0.3 is 6.03 Å². The van der Waals surface area contributed by atoms with Crippen molar-refractivity contribution in [2.24, 2.45) is 5.92 Å². The summed E-state index contributed by atoms with van der Waals surface area (Å²) < 4.78 is 13.1. The number of carbonyl (C=O) groups excluding carboxylic acids is 1. The van der Waals surface area contributed by atoms with Gasteiger partial charge in [0.25, 0.3) is 0 Å². The Morgan fingerprint density at radius 3 is 2.50 bits per heavy atom. The average molecular weight is 335 g/mol. The number of piperazine rings is 1. The van der Waals surface area contributed by atoms with Crippen LogP contribution in [0.1, 0.15) is 11.6 Å². The number of nitrogens with zero attached hydrogens (tertiary/aromatic N) is 3. The highest BCUT2D eigenvalue weighted by molar-refractivity contribution is 5.73. The summed E-state index contributed by atoms with van der Waals surface area (Å²) in [5, 5.41) is 0. The molecule has 2 aliphatic rings. The van der Waals surface area contributed by atoms with Crippen LogP contribution in [0.3, 0.4) is 0 Å². The summed E-state index contributed by atoms with van der Waals surface area (Å²) in [5.74, 6) is 0.217. The van der Waals surface area contributed by atoms with Crippen LogP contribution in [0.2, 0.25) is 0 Å². The quantitative estimate of drug-likeness (QED) is 0.861. The van der Waals surface area contributed by atoms with Crippen molar-refractivity contribution < 1.29 is 9.18 Å². The largest absolute Gasteiger partial charge is 0.331 e. The first-order chi connectivity index (χ1) is 11.5. The lowest BCUT2D eigenvalue weighted by atomic mass is 9.94. The van der Waals surface area contributed by atoms with Crippen molar-refractivity contribution in [1.82, 2.24) is 25.6 Å². The van der Waals surface area contributed by atoms with E-state index in [0.29, 0.717) is 5.92 Å². The molecule has 0 aromatic heterocycles. The molecule has 0 aliphatic carbocycles. The van der Waals surface area contributed by atoms with Crippen LogP contribution < -0.4 is 10.9 Å². The van der Waals surface area contributed by atoms with Gasteiger partial charge in [0.2, 0.25) is 0 Å². The Bertz CT molecular complexity index is 557. The van der Waals surface area contributed by atoms with Gasteiger partial charge in [-0.1, -0.05) is 12.1 Å². The van der Waals surface area contributed by atoms with Gasteiger partial charge in [-0.05, 0) is 17.7 Å². The molecule has 2 atom stereocenters. The molecule has 2 fully saturated rings. The minimum Gasteiger partial charge on any atom is -0.331 e. The van der Waals surface area contributed by atoms with E-state index in [-0.39, 0.29) is 17.9 Å². The fraction of sp³-hybridized carbons (Fsp3) is 0.588. The van der Waals surface area contributed by atoms with Crippen LogP contribution in [-0.4, -0.2) is 74.1 Å². The summed E-state index contributed by atoms with van der Waals surface area (Å²) in [6, 6.07) is 6.99. The molecule has 132 valence electrons. The molecule has 2 N–H and O–H groups in total. The standard InChI is InChI=1S/C17H26FN5O/c1-21(2)17(24)23-9-7-22(8-10-23)12-14-11-19-20-16(14)13-3-5-15(18)6-4-13/h3-6,14,16,19-20H,7-12H2,1-2H3. The molecule has 2 unspecified atom stereocenters. The molecule has 6 nitrogen and oxygen atoms in total. The van der Waals surface area contributed by atoms with Gasteiger partial charge in [0.1, 0.15) is 5.82 Å². The molecule has 0 spiro atoms. The average Bonchev–Trinajstić information content (AvgIpc) is 3.03. The Morgan fingerprint density at radius 1 is 1.21 bits per heavy atom. The molecule has 0 bridgehead atoms. The molecule has 1 aromatic rings. The predicted octanol–water partition coefficient (Wildman–Crippen LogP) is 0.890. The Kier molecular flexibility index (Phi) is 5.33. The third-order valence-electron chi connectivity index (χ3n) is 4.84. The summed E-state index contributed by atoms with van der Waals surface area (Å²) in [5.41, 5.74) is 7.63. The van der Waals surface area contributed by atoms with Crippen LogP contribution in [0.15, 0.2) is 24.3 Å². The highest BCUT2D eigenvalue weighted by atomic mass is 19.1. The van der Waals surface area contributed by atoms with E-state index in [1.165, 1.54) is 12.1 Å². The van der Waals surface area contributed by atoms with Crippen molar-refractivity contribution in [1.29, 1.82) is 0 Å². The number of hydrazine groups is 1. The van der Waals surface area contributed by atoms with Crippen LogP contribution in [0.5, 0.6) is 0 Å². The topological polar surface area (TPSA) is 50.9 Å². The molecule has 2 saturated heterocycles. The van der Waals surface area contributed by atoms with Crippen molar-refractivity contribution >= 4 is 6.03 Å². The van der Waals surface area contributed by atoms with Crippen LogP contribution in [0.4, 0.5) is 9.18 Å². The van der Waals surface area contributed by atoms with E-state index in [1.54, 1.807) is 19.0 Å². The fourth-order valence-corrected chi connectivity index (χ4v) is 3.47. The zero-order chi connectivity index (χ0) is 17.1. The smallest absolute Gasteiger partial charge is 0.319 e. The first kappa shape index (κ1) is 17.1. The van der Waals surface area contributed by atoms with Gasteiger partial charge in [0, 0.05) is 59.3 Å². The van der Waals surface area contributed by atoms with E-state index in [0.717, 1.165) is 44.8 Å². The van der Waals surface area contributed by atoms with Crippen LogP contribution in [0, 0.1) is 11.7 Å². The van der Waals surface area contributed by atoms with E-state index >= 15 is 0 Å². The number of halogens is 1. The molecule has 7 heteroatoms. The second-order valence-corrected chi connectivity index (χ2v) is 6.78. The number of rotatable bonds is 3. The summed E-state index contributed by atoms with van der Waals surface area (Å²) >= 11 is 0. The van der Waals surface area contributed by atoms with E-state index < -0.39 is 0 Å². The maximum atomic E-state index is 13.1. The molecular formula is C17H26FN5O. The highest BCUT2D eigenvalue weighted by Gasteiger charge is 2.31. The molecule has 24 heavy (non-hydrogen) atoms. The van der Waals surface area contributed by atoms with E-state index in [1.807, 2.05) is 17.0 Å². The minimum atomic E-state index is -0.206.